The molecule has 6 N–H and O–H groups in total. The molecule has 1 amide bonds. The van der Waals surface area contributed by atoms with Crippen LogP contribution in [0.15, 0.2) is 35.3 Å². The summed E-state index contributed by atoms with van der Waals surface area (Å²) in [6.07, 6.45) is 2.56. The second-order valence-electron chi connectivity index (χ2n) is 7.75. The van der Waals surface area contributed by atoms with Crippen molar-refractivity contribution in [2.24, 2.45) is 5.92 Å². The summed E-state index contributed by atoms with van der Waals surface area (Å²) in [5.74, 6) is -1.18. The summed E-state index contributed by atoms with van der Waals surface area (Å²) < 4.78 is 0. The molecule has 0 aliphatic carbocycles. The number of aliphatic carboxylic acids is 1. The molecule has 11 nitrogen and oxygen atoms in total. The molecule has 0 spiro atoms. The number of nitrogen functional groups attached to an aromatic ring is 1. The molecule has 2 heterocycles. The van der Waals surface area contributed by atoms with Gasteiger partial charge in [0.15, 0.2) is 11.2 Å². The number of aromatic nitrogens is 4. The minimum Gasteiger partial charge on any atom is -0.480 e. The molecule has 1 atom stereocenters. The number of benzene rings is 1. The molecule has 0 saturated carbocycles. The van der Waals surface area contributed by atoms with Crippen molar-refractivity contribution in [2.75, 3.05) is 11.1 Å². The Hall–Kier alpha value is -4.02. The number of carboxylic acid groups (broad SMARTS) is 1. The molecule has 0 saturated heterocycles. The molecule has 32 heavy (non-hydrogen) atoms. The first-order valence-corrected chi connectivity index (χ1v) is 10.1. The Bertz CT molecular complexity index is 1170. The van der Waals surface area contributed by atoms with Crippen molar-refractivity contribution in [1.82, 2.24) is 25.3 Å². The molecular weight excluding hydrogens is 414 g/mol. The predicted octanol–water partition coefficient (Wildman–Crippen LogP) is 1.53. The average molecular weight is 439 g/mol. The van der Waals surface area contributed by atoms with Crippen LogP contribution in [0.1, 0.15) is 42.7 Å². The molecule has 1 aromatic carbocycles. The zero-order valence-electron chi connectivity index (χ0n) is 17.8. The van der Waals surface area contributed by atoms with Gasteiger partial charge in [0.25, 0.3) is 11.5 Å². The fourth-order valence-electron chi connectivity index (χ4n) is 2.99. The van der Waals surface area contributed by atoms with Crippen LogP contribution in [0.25, 0.3) is 11.2 Å². The van der Waals surface area contributed by atoms with Gasteiger partial charge >= 0.3 is 5.97 Å². The van der Waals surface area contributed by atoms with Crippen LogP contribution in [0.4, 0.5) is 11.6 Å². The highest BCUT2D eigenvalue weighted by molar-refractivity contribution is 5.96. The number of nitrogens with zero attached hydrogens (tertiary/aromatic N) is 3. The second-order valence-corrected chi connectivity index (χ2v) is 7.75. The Balaban J connectivity index is 1.62. The van der Waals surface area contributed by atoms with Crippen LogP contribution in [0.5, 0.6) is 0 Å². The number of anilines is 2. The minimum atomic E-state index is -1.05. The Morgan fingerprint density at radius 3 is 2.53 bits per heavy atom. The Morgan fingerprint density at radius 1 is 1.16 bits per heavy atom. The summed E-state index contributed by atoms with van der Waals surface area (Å²) >= 11 is 0. The summed E-state index contributed by atoms with van der Waals surface area (Å²) in [4.78, 5) is 50.4. The third kappa shape index (κ3) is 5.78. The monoisotopic (exact) mass is 439 g/mol. The number of aromatic amines is 1. The third-order valence-corrected chi connectivity index (χ3v) is 4.74. The molecule has 0 radical (unpaired) electrons. The van der Waals surface area contributed by atoms with E-state index in [0.29, 0.717) is 35.7 Å². The van der Waals surface area contributed by atoms with Gasteiger partial charge in [0, 0.05) is 11.3 Å². The van der Waals surface area contributed by atoms with Crippen LogP contribution in [0.3, 0.4) is 0 Å². The van der Waals surface area contributed by atoms with E-state index in [1.807, 2.05) is 13.8 Å². The van der Waals surface area contributed by atoms with Crippen molar-refractivity contribution in [1.29, 1.82) is 0 Å². The van der Waals surface area contributed by atoms with Gasteiger partial charge in [-0.2, -0.15) is 4.98 Å². The number of carbonyl (C=O) groups is 2. The highest BCUT2D eigenvalue weighted by Gasteiger charge is 2.20. The summed E-state index contributed by atoms with van der Waals surface area (Å²) in [5, 5.41) is 15.0. The van der Waals surface area contributed by atoms with E-state index < -0.39 is 23.5 Å². The number of nitrogens with one attached hydrogen (secondary N) is 3. The summed E-state index contributed by atoms with van der Waals surface area (Å²) in [5.41, 5.74) is 6.87. The number of amides is 1. The van der Waals surface area contributed by atoms with Crippen LogP contribution < -0.4 is 21.9 Å². The lowest BCUT2D eigenvalue weighted by molar-refractivity contribution is -0.139. The fourth-order valence-corrected chi connectivity index (χ4v) is 2.99. The number of hydrogen-bond acceptors (Lipinski definition) is 8. The van der Waals surface area contributed by atoms with Gasteiger partial charge in [-0.25, -0.2) is 14.8 Å². The lowest BCUT2D eigenvalue weighted by Crippen LogP contribution is -2.40. The minimum absolute atomic E-state index is 0.0265. The lowest BCUT2D eigenvalue weighted by Gasteiger charge is -2.16. The molecule has 168 valence electrons. The standard InChI is InChI=1S/C21H25N7O4/c1-11(2)3-8-15(20(31)32)26-18(29)12-4-6-13(7-5-12)23-9-14-10-24-17-16(25-14)19(30)28-21(22)27-17/h4-7,10-11,15,23H,3,8-9H2,1-2H3,(H,26,29)(H,31,32)(H3,22,24,27,28,30). The fraction of sp³-hybridized carbons (Fsp3) is 0.333. The number of rotatable bonds is 9. The number of H-pyrrole nitrogens is 1. The van der Waals surface area contributed by atoms with Gasteiger partial charge in [-0.1, -0.05) is 13.8 Å². The van der Waals surface area contributed by atoms with Crippen LogP contribution in [0, 0.1) is 5.92 Å². The lowest BCUT2D eigenvalue weighted by atomic mass is 10.0. The van der Waals surface area contributed by atoms with Gasteiger partial charge in [-0.05, 0) is 43.0 Å². The Kier molecular flexibility index (Phi) is 6.98. The summed E-state index contributed by atoms with van der Waals surface area (Å²) in [6.45, 7) is 4.29. The molecule has 0 bridgehead atoms. The first-order valence-electron chi connectivity index (χ1n) is 10.1. The molecule has 0 aliphatic heterocycles. The van der Waals surface area contributed by atoms with E-state index >= 15 is 0 Å². The molecular formula is C21H25N7O4. The number of nitrogens with two attached hydrogens (primary N) is 1. The Morgan fingerprint density at radius 2 is 1.88 bits per heavy atom. The topological polar surface area (TPSA) is 176 Å². The predicted molar refractivity (Wildman–Crippen MR) is 119 cm³/mol. The molecule has 2 aromatic heterocycles. The maximum atomic E-state index is 12.4. The van der Waals surface area contributed by atoms with Crippen molar-refractivity contribution in [3.05, 3.63) is 52.1 Å². The van der Waals surface area contributed by atoms with Crippen molar-refractivity contribution >= 4 is 34.7 Å². The van der Waals surface area contributed by atoms with Gasteiger partial charge in [0.2, 0.25) is 5.95 Å². The Labute approximate surface area is 183 Å². The molecule has 3 rings (SSSR count). The number of hydrogen-bond donors (Lipinski definition) is 5. The SMILES string of the molecule is CC(C)CCC(NC(=O)c1ccc(NCc2cnc3nc(N)[nH]c(=O)c3n2)cc1)C(=O)O. The maximum Gasteiger partial charge on any atom is 0.326 e. The average Bonchev–Trinajstić information content (AvgIpc) is 2.75. The van der Waals surface area contributed by atoms with E-state index in [1.165, 1.54) is 6.20 Å². The van der Waals surface area contributed by atoms with Gasteiger partial charge in [-0.3, -0.25) is 14.6 Å². The van der Waals surface area contributed by atoms with Gasteiger partial charge < -0.3 is 21.5 Å². The molecule has 0 aliphatic rings. The molecule has 3 aromatic rings. The quantitative estimate of drug-likeness (QED) is 0.331. The summed E-state index contributed by atoms with van der Waals surface area (Å²) in [7, 11) is 0. The van der Waals surface area contributed by atoms with E-state index in [4.69, 9.17) is 5.73 Å². The van der Waals surface area contributed by atoms with Gasteiger partial charge in [-0.15, -0.1) is 0 Å². The van der Waals surface area contributed by atoms with E-state index in [9.17, 15) is 19.5 Å². The van der Waals surface area contributed by atoms with Crippen LogP contribution in [0.2, 0.25) is 0 Å². The van der Waals surface area contributed by atoms with Crippen molar-refractivity contribution < 1.29 is 14.7 Å². The number of carbonyl (C=O) groups excluding carboxylic acids is 1. The van der Waals surface area contributed by atoms with Crippen LogP contribution >= 0.6 is 0 Å². The van der Waals surface area contributed by atoms with Crippen LogP contribution in [-0.2, 0) is 11.3 Å². The van der Waals surface area contributed by atoms with E-state index in [0.717, 1.165) is 0 Å². The first-order chi connectivity index (χ1) is 15.2. The van der Waals surface area contributed by atoms with E-state index in [-0.39, 0.29) is 23.7 Å². The highest BCUT2D eigenvalue weighted by atomic mass is 16.4. The normalized spacial score (nSPS) is 12.0. The molecule has 11 heteroatoms. The number of fused-ring (bicyclic) bond motifs is 1. The van der Waals surface area contributed by atoms with E-state index in [1.54, 1.807) is 24.3 Å². The second kappa shape index (κ2) is 9.86. The van der Waals surface area contributed by atoms with Crippen molar-refractivity contribution in [3.8, 4) is 0 Å². The zero-order valence-corrected chi connectivity index (χ0v) is 17.8. The number of carboxylic acids is 1. The van der Waals surface area contributed by atoms with Crippen LogP contribution in [-0.4, -0.2) is 43.0 Å². The van der Waals surface area contributed by atoms with Crippen molar-refractivity contribution in [3.63, 3.8) is 0 Å². The highest BCUT2D eigenvalue weighted by Crippen LogP contribution is 2.13. The van der Waals surface area contributed by atoms with Gasteiger partial charge in [0.1, 0.15) is 6.04 Å². The molecule has 0 fully saturated rings. The first kappa shape index (κ1) is 22.7. The van der Waals surface area contributed by atoms with Gasteiger partial charge in [0.05, 0.1) is 18.4 Å². The van der Waals surface area contributed by atoms with Crippen molar-refractivity contribution in [2.45, 2.75) is 39.3 Å². The zero-order chi connectivity index (χ0) is 23.3. The smallest absolute Gasteiger partial charge is 0.326 e. The molecule has 1 unspecified atom stereocenters. The third-order valence-electron chi connectivity index (χ3n) is 4.74. The maximum absolute atomic E-state index is 12.4. The largest absolute Gasteiger partial charge is 0.480 e. The van der Waals surface area contributed by atoms with E-state index in [2.05, 4.69) is 30.6 Å². The summed E-state index contributed by atoms with van der Waals surface area (Å²) in [6, 6.07) is 5.66.